The largest absolute Gasteiger partial charge is 0.494 e. The van der Waals surface area contributed by atoms with Gasteiger partial charge >= 0.3 is 12.1 Å². The zero-order valence-electron chi connectivity index (χ0n) is 41.8. The highest BCUT2D eigenvalue weighted by atomic mass is 19.4. The van der Waals surface area contributed by atoms with Gasteiger partial charge in [-0.2, -0.15) is 13.2 Å². The topological polar surface area (TPSA) is 44.8 Å². The first-order valence-corrected chi connectivity index (χ1v) is 26.6. The van der Waals surface area contributed by atoms with Gasteiger partial charge in [-0.05, 0) is 157 Å². The van der Waals surface area contributed by atoms with Gasteiger partial charge in [-0.25, -0.2) is 9.18 Å². The summed E-state index contributed by atoms with van der Waals surface area (Å²) in [6.45, 7) is 9.31. The smallest absolute Gasteiger partial charge is 0.416 e. The number of hydrogen-bond donors (Lipinski definition) is 0. The van der Waals surface area contributed by atoms with E-state index in [0.29, 0.717) is 46.4 Å². The molecule has 5 aromatic rings. The van der Waals surface area contributed by atoms with Crippen molar-refractivity contribution in [3.05, 3.63) is 165 Å². The number of rotatable bonds is 14. The fourth-order valence-corrected chi connectivity index (χ4v) is 12.9. The number of halogens is 4. The summed E-state index contributed by atoms with van der Waals surface area (Å²) >= 11 is 0. The molecule has 1 heterocycles. The maximum absolute atomic E-state index is 14.7. The third kappa shape index (κ3) is 9.62. The third-order valence-electron chi connectivity index (χ3n) is 16.9. The number of unbranched alkanes of at least 4 members (excludes halogenated alkanes) is 3. The predicted octanol–water partition coefficient (Wildman–Crippen LogP) is 17.4. The van der Waals surface area contributed by atoms with Crippen molar-refractivity contribution in [2.75, 3.05) is 6.61 Å². The third-order valence-corrected chi connectivity index (χ3v) is 16.9. The van der Waals surface area contributed by atoms with Crippen LogP contribution >= 0.6 is 0 Å². The maximum atomic E-state index is 14.7. The normalized spacial score (nSPS) is 24.5. The lowest BCUT2D eigenvalue weighted by Gasteiger charge is -2.38. The molecule has 8 heteroatoms. The highest BCUT2D eigenvalue weighted by Crippen LogP contribution is 2.60. The Morgan fingerprint density at radius 1 is 0.746 bits per heavy atom. The Balaban J connectivity index is 0.905. The minimum atomic E-state index is -4.60. The Morgan fingerprint density at radius 3 is 2.07 bits per heavy atom. The molecule has 1 aliphatic heterocycles. The molecule has 0 spiro atoms. The van der Waals surface area contributed by atoms with E-state index in [1.54, 1.807) is 18.2 Å². The maximum Gasteiger partial charge on any atom is 0.416 e. The Hall–Kier alpha value is -5.63. The van der Waals surface area contributed by atoms with E-state index in [1.807, 2.05) is 60.7 Å². The molecule has 0 bridgehead atoms. The molecule has 0 amide bonds. The number of carbonyl (C=O) groups excluding carboxylic acids is 1. The quantitative estimate of drug-likeness (QED) is 0.0632. The van der Waals surface area contributed by atoms with Crippen molar-refractivity contribution in [1.82, 2.24) is 0 Å². The number of hydrogen-bond acceptors (Lipinski definition) is 4. The van der Waals surface area contributed by atoms with E-state index >= 15 is 0 Å². The van der Waals surface area contributed by atoms with E-state index in [1.165, 1.54) is 75.6 Å². The molecule has 2 atom stereocenters. The molecule has 4 nitrogen and oxygen atoms in total. The van der Waals surface area contributed by atoms with Gasteiger partial charge in [-0.1, -0.05) is 133 Å². The number of carbonyl (C=O) groups is 1. The average molecular weight is 965 g/mol. The van der Waals surface area contributed by atoms with Crippen molar-refractivity contribution in [3.8, 4) is 11.5 Å². The van der Waals surface area contributed by atoms with Crippen molar-refractivity contribution >= 4 is 28.4 Å². The monoisotopic (exact) mass is 965 g/mol. The summed E-state index contributed by atoms with van der Waals surface area (Å²) in [4.78, 5) is 13.5. The first kappa shape index (κ1) is 49.0. The van der Waals surface area contributed by atoms with E-state index in [-0.39, 0.29) is 18.0 Å². The Labute approximate surface area is 417 Å². The fraction of sp³-hybridized carbons (Fsp3) is 0.444. The van der Waals surface area contributed by atoms with E-state index in [2.05, 4.69) is 39.8 Å². The van der Waals surface area contributed by atoms with Gasteiger partial charge in [-0.3, -0.25) is 0 Å². The van der Waals surface area contributed by atoms with E-state index < -0.39 is 28.6 Å². The van der Waals surface area contributed by atoms with Crippen molar-refractivity contribution in [1.29, 1.82) is 0 Å². The zero-order valence-corrected chi connectivity index (χ0v) is 41.8. The van der Waals surface area contributed by atoms with Gasteiger partial charge in [0.15, 0.2) is 5.60 Å². The van der Waals surface area contributed by atoms with Crippen molar-refractivity contribution in [2.24, 2.45) is 17.8 Å². The minimum absolute atomic E-state index is 0.0328. The van der Waals surface area contributed by atoms with E-state index in [9.17, 15) is 22.4 Å². The molecule has 2 unspecified atom stereocenters. The molecule has 10 rings (SSSR count). The Kier molecular flexibility index (Phi) is 13.9. The Morgan fingerprint density at radius 2 is 1.41 bits per heavy atom. The van der Waals surface area contributed by atoms with Crippen LogP contribution in [0.15, 0.2) is 115 Å². The minimum Gasteiger partial charge on any atom is -0.494 e. The van der Waals surface area contributed by atoms with Crippen LogP contribution in [0.1, 0.15) is 179 Å². The summed E-state index contributed by atoms with van der Waals surface area (Å²) in [6, 6.07) is 25.5. The van der Waals surface area contributed by atoms with Gasteiger partial charge in [0.05, 0.1) is 17.7 Å². The molecule has 71 heavy (non-hydrogen) atoms. The number of allylic oxidation sites excluding steroid dienone is 4. The highest BCUT2D eigenvalue weighted by Gasteiger charge is 2.46. The first-order chi connectivity index (χ1) is 34.3. The Bertz CT molecular complexity index is 2820. The molecule has 372 valence electrons. The van der Waals surface area contributed by atoms with Crippen LogP contribution in [-0.2, 0) is 21.9 Å². The van der Waals surface area contributed by atoms with Crippen LogP contribution in [0.5, 0.6) is 11.5 Å². The lowest BCUT2D eigenvalue weighted by atomic mass is 9.70. The molecule has 0 saturated heterocycles. The summed E-state index contributed by atoms with van der Waals surface area (Å²) in [5, 5.41) is 1.04. The molecule has 0 radical (unpaired) electrons. The molecule has 0 aromatic heterocycles. The molecular weight excluding hydrogens is 897 g/mol. The van der Waals surface area contributed by atoms with Gasteiger partial charge in [-0.15, -0.1) is 0 Å². The molecule has 2 saturated carbocycles. The summed E-state index contributed by atoms with van der Waals surface area (Å²) in [5.74, 6) is 2.81. The molecule has 2 fully saturated rings. The standard InChI is InChI=1S/C63H68F4O4/c1-5-7-9-10-40-11-13-41(14-12-40)42-19-29-51(30-20-42)70-60(68)44-17-15-43(16-18-44)45-21-34-56-55(38-45)57-52-33-26-48(63(65,66)67)39-54(52)59-53(58(57)61(56,3)4)35-36-62(71-59,46-22-27-49(64)28-23-46)47-24-31-50(32-25-47)69-37-8-6-2/h15-18,21-28,31-36,39-42,45,51H,5-14,19-20,29-30,37-38H2,1-4H3. The summed E-state index contributed by atoms with van der Waals surface area (Å²) in [6.07, 6.45) is 21.3. The molecule has 4 aliphatic carbocycles. The summed E-state index contributed by atoms with van der Waals surface area (Å²) in [5.41, 5.74) is 5.20. The number of alkyl halides is 3. The van der Waals surface area contributed by atoms with Crippen LogP contribution in [0.25, 0.3) is 22.4 Å². The van der Waals surface area contributed by atoms with Crippen LogP contribution in [0, 0.1) is 23.6 Å². The average Bonchev–Trinajstić information content (AvgIpc) is 3.62. The predicted molar refractivity (Wildman–Crippen MR) is 276 cm³/mol. The van der Waals surface area contributed by atoms with Gasteiger partial charge in [0.25, 0.3) is 0 Å². The highest BCUT2D eigenvalue weighted by molar-refractivity contribution is 6.07. The van der Waals surface area contributed by atoms with Crippen molar-refractivity contribution in [3.63, 3.8) is 0 Å². The van der Waals surface area contributed by atoms with Crippen LogP contribution in [0.3, 0.4) is 0 Å². The first-order valence-electron chi connectivity index (χ1n) is 26.6. The second-order valence-corrected chi connectivity index (χ2v) is 21.7. The van der Waals surface area contributed by atoms with Crippen molar-refractivity contribution < 1.29 is 36.6 Å². The number of ether oxygens (including phenoxy) is 3. The van der Waals surface area contributed by atoms with Crippen LogP contribution in [0.2, 0.25) is 0 Å². The number of benzene rings is 5. The molecular formula is C63H68F4O4. The van der Waals surface area contributed by atoms with Crippen LogP contribution in [-0.4, -0.2) is 18.7 Å². The molecule has 5 aromatic carbocycles. The van der Waals surface area contributed by atoms with Gasteiger partial charge in [0.1, 0.15) is 23.4 Å². The van der Waals surface area contributed by atoms with Gasteiger partial charge in [0, 0.05) is 33.4 Å². The second-order valence-electron chi connectivity index (χ2n) is 21.7. The van der Waals surface area contributed by atoms with Crippen LogP contribution < -0.4 is 9.47 Å². The number of fused-ring (bicyclic) bond motifs is 7. The fourth-order valence-electron chi connectivity index (χ4n) is 12.9. The SMILES string of the molecule is CCCCCC1CCC(C2CCC(OC(=O)c3ccc(C4C=CC5=C(C4)c4c(c6c(c7cc(C(F)(F)F)ccc47)OC(c4ccc(F)cc4)(c4ccc(OCCCC)cc4)C=C6)C5(C)C)cc3)CC2)CC1. The lowest BCUT2D eigenvalue weighted by Crippen LogP contribution is -2.35. The van der Waals surface area contributed by atoms with Gasteiger partial charge < -0.3 is 14.2 Å². The van der Waals surface area contributed by atoms with E-state index in [4.69, 9.17) is 14.2 Å². The van der Waals surface area contributed by atoms with Crippen LogP contribution in [0.4, 0.5) is 17.6 Å². The summed E-state index contributed by atoms with van der Waals surface area (Å²) < 4.78 is 77.9. The van der Waals surface area contributed by atoms with Gasteiger partial charge in [0.2, 0.25) is 0 Å². The lowest BCUT2D eigenvalue weighted by molar-refractivity contribution is -0.137. The van der Waals surface area contributed by atoms with E-state index in [0.717, 1.165) is 95.2 Å². The molecule has 5 aliphatic rings. The zero-order chi connectivity index (χ0) is 49.5. The summed E-state index contributed by atoms with van der Waals surface area (Å²) in [7, 11) is 0. The second kappa shape index (κ2) is 20.1. The number of esters is 1. The van der Waals surface area contributed by atoms with Crippen molar-refractivity contribution in [2.45, 2.75) is 153 Å². The molecule has 0 N–H and O–H groups in total.